The van der Waals surface area contributed by atoms with E-state index in [1.165, 1.54) is 24.8 Å². The smallest absolute Gasteiger partial charge is 0.335 e. The van der Waals surface area contributed by atoms with Crippen molar-refractivity contribution in [1.82, 2.24) is 0 Å². The van der Waals surface area contributed by atoms with E-state index in [0.717, 1.165) is 0 Å². The summed E-state index contributed by atoms with van der Waals surface area (Å²) in [6.45, 7) is 6.88. The third kappa shape index (κ3) is 6.57. The molecule has 0 fully saturated rings. The standard InChI is InChI=1S/C18H21ClN2O4/c1-4-11-24-14(3)18(23)25-13(2)17(22)21(10-6-9-20)16-8-5-7-15(19)12-16/h4-5,7-8,12-14H,1,6,10-11H2,2-3H3. The summed E-state index contributed by atoms with van der Waals surface area (Å²) in [5.41, 5.74) is 0.534. The fourth-order valence-electron chi connectivity index (χ4n) is 1.99. The van der Waals surface area contributed by atoms with E-state index in [2.05, 4.69) is 6.58 Å². The van der Waals surface area contributed by atoms with Crippen LogP contribution < -0.4 is 4.90 Å². The minimum Gasteiger partial charge on any atom is -0.451 e. The van der Waals surface area contributed by atoms with Crippen molar-refractivity contribution < 1.29 is 19.1 Å². The largest absolute Gasteiger partial charge is 0.451 e. The highest BCUT2D eigenvalue weighted by molar-refractivity contribution is 6.30. The molecule has 2 atom stereocenters. The Morgan fingerprint density at radius 2 is 2.12 bits per heavy atom. The molecule has 7 heteroatoms. The number of carbonyl (C=O) groups excluding carboxylic acids is 2. The van der Waals surface area contributed by atoms with Crippen molar-refractivity contribution in [2.75, 3.05) is 18.1 Å². The van der Waals surface area contributed by atoms with E-state index in [9.17, 15) is 9.59 Å². The zero-order chi connectivity index (χ0) is 18.8. The Labute approximate surface area is 152 Å². The van der Waals surface area contributed by atoms with Crippen molar-refractivity contribution in [3.8, 4) is 6.07 Å². The van der Waals surface area contributed by atoms with Crippen LogP contribution in [-0.2, 0) is 19.1 Å². The molecule has 0 aliphatic carbocycles. The fourth-order valence-corrected chi connectivity index (χ4v) is 2.18. The predicted octanol–water partition coefficient (Wildman–Crippen LogP) is 3.11. The van der Waals surface area contributed by atoms with Crippen LogP contribution in [0.2, 0.25) is 5.02 Å². The highest BCUT2D eigenvalue weighted by Gasteiger charge is 2.27. The first-order chi connectivity index (χ1) is 11.9. The second-order valence-electron chi connectivity index (χ2n) is 5.22. The second kappa shape index (κ2) is 10.5. The van der Waals surface area contributed by atoms with Gasteiger partial charge in [0.25, 0.3) is 5.91 Å². The maximum atomic E-state index is 12.7. The monoisotopic (exact) mass is 364 g/mol. The van der Waals surface area contributed by atoms with Gasteiger partial charge in [0.1, 0.15) is 0 Å². The number of amides is 1. The number of rotatable bonds is 9. The second-order valence-corrected chi connectivity index (χ2v) is 5.66. The maximum absolute atomic E-state index is 12.7. The fraction of sp³-hybridized carbons (Fsp3) is 0.389. The number of hydrogen-bond acceptors (Lipinski definition) is 5. The third-order valence-corrected chi connectivity index (χ3v) is 3.50. The average Bonchev–Trinajstić information content (AvgIpc) is 2.59. The van der Waals surface area contributed by atoms with Crippen molar-refractivity contribution in [2.45, 2.75) is 32.5 Å². The van der Waals surface area contributed by atoms with Crippen LogP contribution in [0, 0.1) is 11.3 Å². The molecule has 0 spiro atoms. The lowest BCUT2D eigenvalue weighted by Crippen LogP contribution is -2.42. The molecular formula is C18H21ClN2O4. The van der Waals surface area contributed by atoms with E-state index in [1.807, 2.05) is 6.07 Å². The minimum atomic E-state index is -1.03. The molecule has 0 saturated heterocycles. The number of carbonyl (C=O) groups is 2. The van der Waals surface area contributed by atoms with Gasteiger partial charge in [-0.25, -0.2) is 4.79 Å². The van der Waals surface area contributed by atoms with Gasteiger partial charge in [-0.1, -0.05) is 23.7 Å². The van der Waals surface area contributed by atoms with Gasteiger partial charge in [-0.05, 0) is 32.0 Å². The molecule has 2 unspecified atom stereocenters. The molecule has 6 nitrogen and oxygen atoms in total. The molecule has 0 aliphatic rings. The van der Waals surface area contributed by atoms with Gasteiger partial charge in [0.2, 0.25) is 0 Å². The lowest BCUT2D eigenvalue weighted by Gasteiger charge is -2.25. The zero-order valence-electron chi connectivity index (χ0n) is 14.3. The van der Waals surface area contributed by atoms with Crippen molar-refractivity contribution in [3.63, 3.8) is 0 Å². The van der Waals surface area contributed by atoms with Crippen LogP contribution in [0.3, 0.4) is 0 Å². The lowest BCUT2D eigenvalue weighted by atomic mass is 10.2. The van der Waals surface area contributed by atoms with Gasteiger partial charge in [-0.15, -0.1) is 6.58 Å². The Balaban J connectivity index is 2.84. The maximum Gasteiger partial charge on any atom is 0.335 e. The van der Waals surface area contributed by atoms with Crippen molar-refractivity contribution in [2.24, 2.45) is 0 Å². The van der Waals surface area contributed by atoms with Crippen LogP contribution in [0.4, 0.5) is 5.69 Å². The van der Waals surface area contributed by atoms with Crippen LogP contribution in [0.25, 0.3) is 0 Å². The summed E-state index contributed by atoms with van der Waals surface area (Å²) in [7, 11) is 0. The summed E-state index contributed by atoms with van der Waals surface area (Å²) in [6.07, 6.45) is -0.189. The van der Waals surface area contributed by atoms with Crippen LogP contribution >= 0.6 is 11.6 Å². The Morgan fingerprint density at radius 3 is 2.72 bits per heavy atom. The lowest BCUT2D eigenvalue weighted by molar-refractivity contribution is -0.163. The summed E-state index contributed by atoms with van der Waals surface area (Å²) in [5.74, 6) is -1.09. The van der Waals surface area contributed by atoms with Gasteiger partial charge in [-0.2, -0.15) is 5.26 Å². The Bertz CT molecular complexity index is 657. The van der Waals surface area contributed by atoms with Crippen LogP contribution in [-0.4, -0.2) is 37.2 Å². The molecule has 0 radical (unpaired) electrons. The first kappa shape index (κ1) is 20.7. The van der Waals surface area contributed by atoms with Gasteiger partial charge in [0.15, 0.2) is 12.2 Å². The number of benzene rings is 1. The third-order valence-electron chi connectivity index (χ3n) is 3.27. The number of halogens is 1. The Morgan fingerprint density at radius 1 is 1.40 bits per heavy atom. The van der Waals surface area contributed by atoms with Crippen LogP contribution in [0.15, 0.2) is 36.9 Å². The summed E-state index contributed by atoms with van der Waals surface area (Å²) in [5, 5.41) is 9.28. The molecule has 0 saturated carbocycles. The molecular weight excluding hydrogens is 344 g/mol. The van der Waals surface area contributed by atoms with Gasteiger partial charge in [0.05, 0.1) is 19.1 Å². The molecule has 134 valence electrons. The number of nitrogens with zero attached hydrogens (tertiary/aromatic N) is 2. The van der Waals surface area contributed by atoms with Crippen molar-refractivity contribution in [3.05, 3.63) is 41.9 Å². The molecule has 1 amide bonds. The van der Waals surface area contributed by atoms with Gasteiger partial charge in [-0.3, -0.25) is 4.79 Å². The Kier molecular flexibility index (Phi) is 8.68. The molecule has 0 bridgehead atoms. The molecule has 1 aromatic rings. The number of ether oxygens (including phenoxy) is 2. The highest BCUT2D eigenvalue weighted by atomic mass is 35.5. The molecule has 0 N–H and O–H groups in total. The number of hydrogen-bond donors (Lipinski definition) is 0. The topological polar surface area (TPSA) is 79.6 Å². The van der Waals surface area contributed by atoms with Crippen molar-refractivity contribution >= 4 is 29.2 Å². The molecule has 1 rings (SSSR count). The predicted molar refractivity (Wildman–Crippen MR) is 95.2 cm³/mol. The Hall–Kier alpha value is -2.36. The van der Waals surface area contributed by atoms with Crippen LogP contribution in [0.5, 0.6) is 0 Å². The number of anilines is 1. The van der Waals surface area contributed by atoms with E-state index < -0.39 is 24.1 Å². The van der Waals surface area contributed by atoms with E-state index in [-0.39, 0.29) is 19.6 Å². The molecule has 0 aliphatic heterocycles. The molecule has 1 aromatic carbocycles. The summed E-state index contributed by atoms with van der Waals surface area (Å²) < 4.78 is 10.4. The number of esters is 1. The van der Waals surface area contributed by atoms with Gasteiger partial charge in [0, 0.05) is 17.3 Å². The van der Waals surface area contributed by atoms with E-state index in [0.29, 0.717) is 10.7 Å². The van der Waals surface area contributed by atoms with E-state index >= 15 is 0 Å². The SMILES string of the molecule is C=CCOC(C)C(=O)OC(C)C(=O)N(CCC#N)c1cccc(Cl)c1. The van der Waals surface area contributed by atoms with E-state index in [4.69, 9.17) is 26.3 Å². The average molecular weight is 365 g/mol. The quantitative estimate of drug-likeness (QED) is 0.497. The zero-order valence-corrected chi connectivity index (χ0v) is 15.0. The summed E-state index contributed by atoms with van der Waals surface area (Å²) >= 11 is 5.97. The summed E-state index contributed by atoms with van der Waals surface area (Å²) in [6, 6.07) is 8.69. The molecule has 0 aromatic heterocycles. The van der Waals surface area contributed by atoms with Gasteiger partial charge < -0.3 is 14.4 Å². The summed E-state index contributed by atoms with van der Waals surface area (Å²) in [4.78, 5) is 26.0. The molecule has 0 heterocycles. The minimum absolute atomic E-state index is 0.137. The number of nitriles is 1. The highest BCUT2D eigenvalue weighted by Crippen LogP contribution is 2.21. The van der Waals surface area contributed by atoms with Gasteiger partial charge >= 0.3 is 5.97 Å². The van der Waals surface area contributed by atoms with E-state index in [1.54, 1.807) is 24.3 Å². The normalized spacial score (nSPS) is 12.6. The van der Waals surface area contributed by atoms with Crippen molar-refractivity contribution in [1.29, 1.82) is 5.26 Å². The molecule has 25 heavy (non-hydrogen) atoms. The first-order valence-electron chi connectivity index (χ1n) is 7.77. The first-order valence-corrected chi connectivity index (χ1v) is 8.15. The van der Waals surface area contributed by atoms with Crippen LogP contribution in [0.1, 0.15) is 20.3 Å².